The number of hydrogen-bond donors (Lipinski definition) is 2. The third kappa shape index (κ3) is 4.07. The highest BCUT2D eigenvalue weighted by molar-refractivity contribution is 7.82. The maximum absolute atomic E-state index is 9.85. The predicted octanol–water partition coefficient (Wildman–Crippen LogP) is -1.43. The first kappa shape index (κ1) is 6.07. The summed E-state index contributed by atoms with van der Waals surface area (Å²) in [6.07, 6.45) is 0. The van der Waals surface area contributed by atoms with E-state index in [1.807, 2.05) is 0 Å². The molecule has 0 spiro atoms. The minimum Gasteiger partial charge on any atom is -0.330 e. The van der Waals surface area contributed by atoms with Gasteiger partial charge in [0.15, 0.2) is 0 Å². The molecule has 0 aromatic carbocycles. The SMILES string of the molecule is NCCS(N)=O. The zero-order valence-electron chi connectivity index (χ0n) is 3.39. The average Bonchev–Trinajstić information content (AvgIpc) is 1.35. The predicted molar refractivity (Wildman–Crippen MR) is 26.3 cm³/mol. The molecule has 3 nitrogen and oxygen atoms in total. The lowest BCUT2D eigenvalue weighted by atomic mass is 10.8. The normalized spacial score (nSPS) is 14.3. The van der Waals surface area contributed by atoms with Gasteiger partial charge >= 0.3 is 0 Å². The summed E-state index contributed by atoms with van der Waals surface area (Å²) in [5.41, 5.74) is 4.96. The summed E-state index contributed by atoms with van der Waals surface area (Å²) in [6.45, 7) is 0.406. The Hall–Kier alpha value is 0.0700. The summed E-state index contributed by atoms with van der Waals surface area (Å²) in [5, 5.41) is 4.80. The zero-order valence-corrected chi connectivity index (χ0v) is 4.20. The van der Waals surface area contributed by atoms with Gasteiger partial charge in [-0.3, -0.25) is 5.14 Å². The molecule has 0 heterocycles. The first-order valence-electron chi connectivity index (χ1n) is 1.60. The van der Waals surface area contributed by atoms with Gasteiger partial charge in [0.05, 0.1) is 11.0 Å². The third-order valence-corrected chi connectivity index (χ3v) is 0.957. The number of rotatable bonds is 2. The Balaban J connectivity index is 2.83. The van der Waals surface area contributed by atoms with E-state index in [0.29, 0.717) is 12.3 Å². The quantitative estimate of drug-likeness (QED) is 0.455. The van der Waals surface area contributed by atoms with Crippen LogP contribution in [0.3, 0.4) is 0 Å². The van der Waals surface area contributed by atoms with Crippen LogP contribution in [-0.4, -0.2) is 16.5 Å². The summed E-state index contributed by atoms with van der Waals surface area (Å²) in [7, 11) is -1.19. The molecule has 0 aliphatic rings. The second-order valence-corrected chi connectivity index (χ2v) is 2.04. The van der Waals surface area contributed by atoms with Gasteiger partial charge in [-0.25, -0.2) is 4.21 Å². The zero-order chi connectivity index (χ0) is 4.99. The van der Waals surface area contributed by atoms with E-state index in [1.54, 1.807) is 0 Å². The van der Waals surface area contributed by atoms with Gasteiger partial charge < -0.3 is 5.73 Å². The fraction of sp³-hybridized carbons (Fsp3) is 1.00. The lowest BCUT2D eigenvalue weighted by molar-refractivity contribution is 0.684. The molecule has 1 unspecified atom stereocenters. The first-order chi connectivity index (χ1) is 2.77. The molecule has 0 aromatic heterocycles. The molecular formula is C2H8N2OS. The summed E-state index contributed by atoms with van der Waals surface area (Å²) in [5.74, 6) is 0.403. The summed E-state index contributed by atoms with van der Waals surface area (Å²) in [6, 6.07) is 0. The third-order valence-electron chi connectivity index (χ3n) is 0.319. The minimum absolute atomic E-state index is 0.403. The Morgan fingerprint density at radius 3 is 2.17 bits per heavy atom. The van der Waals surface area contributed by atoms with E-state index in [0.717, 1.165) is 0 Å². The van der Waals surface area contributed by atoms with Crippen LogP contribution in [0.25, 0.3) is 0 Å². The van der Waals surface area contributed by atoms with Crippen molar-refractivity contribution in [1.29, 1.82) is 0 Å². The van der Waals surface area contributed by atoms with Crippen LogP contribution in [-0.2, 0) is 11.0 Å². The van der Waals surface area contributed by atoms with E-state index in [1.165, 1.54) is 0 Å². The van der Waals surface area contributed by atoms with E-state index in [-0.39, 0.29) is 0 Å². The van der Waals surface area contributed by atoms with Gasteiger partial charge in [0.1, 0.15) is 0 Å². The Morgan fingerprint density at radius 2 is 2.17 bits per heavy atom. The van der Waals surface area contributed by atoms with Crippen LogP contribution in [0, 0.1) is 0 Å². The van der Waals surface area contributed by atoms with Crippen molar-refractivity contribution in [3.05, 3.63) is 0 Å². The molecule has 0 amide bonds. The molecule has 0 saturated carbocycles. The Bertz CT molecular complexity index is 55.5. The van der Waals surface area contributed by atoms with Crippen LogP contribution in [0.15, 0.2) is 0 Å². The highest BCUT2D eigenvalue weighted by Gasteiger charge is 1.81. The van der Waals surface area contributed by atoms with Gasteiger partial charge in [-0.2, -0.15) is 0 Å². The Kier molecular flexibility index (Phi) is 3.31. The van der Waals surface area contributed by atoms with Crippen LogP contribution in [0.1, 0.15) is 0 Å². The molecule has 1 atom stereocenters. The van der Waals surface area contributed by atoms with Gasteiger partial charge in [-0.15, -0.1) is 0 Å². The van der Waals surface area contributed by atoms with Gasteiger partial charge in [0.2, 0.25) is 0 Å². The summed E-state index contributed by atoms with van der Waals surface area (Å²) in [4.78, 5) is 0. The van der Waals surface area contributed by atoms with Crippen molar-refractivity contribution in [1.82, 2.24) is 0 Å². The highest BCUT2D eigenvalue weighted by atomic mass is 32.2. The monoisotopic (exact) mass is 108 g/mol. The van der Waals surface area contributed by atoms with E-state index in [9.17, 15) is 4.21 Å². The Morgan fingerprint density at radius 1 is 1.67 bits per heavy atom. The smallest absolute Gasteiger partial charge is 0.0900 e. The maximum atomic E-state index is 9.85. The molecule has 6 heavy (non-hydrogen) atoms. The van der Waals surface area contributed by atoms with Crippen molar-refractivity contribution in [2.75, 3.05) is 12.3 Å². The van der Waals surface area contributed by atoms with E-state index in [2.05, 4.69) is 0 Å². The van der Waals surface area contributed by atoms with Crippen molar-refractivity contribution < 1.29 is 4.21 Å². The molecule has 0 aliphatic heterocycles. The molecule has 0 radical (unpaired) electrons. The molecule has 4 heteroatoms. The second kappa shape index (κ2) is 3.27. The average molecular weight is 108 g/mol. The fourth-order valence-electron chi connectivity index (χ4n) is 0.116. The van der Waals surface area contributed by atoms with E-state index >= 15 is 0 Å². The van der Waals surface area contributed by atoms with Crippen molar-refractivity contribution >= 4 is 11.0 Å². The van der Waals surface area contributed by atoms with Crippen molar-refractivity contribution in [3.63, 3.8) is 0 Å². The first-order valence-corrected chi connectivity index (χ1v) is 2.98. The lowest BCUT2D eigenvalue weighted by Gasteiger charge is -1.83. The minimum atomic E-state index is -1.19. The van der Waals surface area contributed by atoms with Gasteiger partial charge in [0.25, 0.3) is 0 Å². The molecule has 0 bridgehead atoms. The highest BCUT2D eigenvalue weighted by Crippen LogP contribution is 1.58. The molecule has 0 saturated heterocycles. The summed E-state index contributed by atoms with van der Waals surface area (Å²) >= 11 is 0. The maximum Gasteiger partial charge on any atom is 0.0900 e. The van der Waals surface area contributed by atoms with Crippen molar-refractivity contribution in [2.45, 2.75) is 0 Å². The van der Waals surface area contributed by atoms with E-state index in [4.69, 9.17) is 10.9 Å². The number of hydrogen-bond acceptors (Lipinski definition) is 2. The van der Waals surface area contributed by atoms with Crippen LogP contribution in [0.5, 0.6) is 0 Å². The standard InChI is InChI=1S/C2H8N2OS/c3-1-2-6(4)5/h1-4H2. The van der Waals surface area contributed by atoms with Crippen LogP contribution in [0.2, 0.25) is 0 Å². The number of nitrogens with two attached hydrogens (primary N) is 2. The molecule has 0 aromatic rings. The van der Waals surface area contributed by atoms with Crippen molar-refractivity contribution in [2.24, 2.45) is 10.9 Å². The van der Waals surface area contributed by atoms with Gasteiger partial charge in [-0.1, -0.05) is 0 Å². The van der Waals surface area contributed by atoms with Crippen LogP contribution in [0.4, 0.5) is 0 Å². The van der Waals surface area contributed by atoms with Crippen LogP contribution < -0.4 is 10.9 Å². The summed E-state index contributed by atoms with van der Waals surface area (Å²) < 4.78 is 9.85. The Labute approximate surface area is 39.3 Å². The lowest BCUT2D eigenvalue weighted by Crippen LogP contribution is -2.15. The molecule has 4 N–H and O–H groups in total. The van der Waals surface area contributed by atoms with Crippen molar-refractivity contribution in [3.8, 4) is 0 Å². The largest absolute Gasteiger partial charge is 0.330 e. The van der Waals surface area contributed by atoms with Gasteiger partial charge in [0, 0.05) is 12.3 Å². The molecular weight excluding hydrogens is 100 g/mol. The van der Waals surface area contributed by atoms with Gasteiger partial charge in [-0.05, 0) is 0 Å². The topological polar surface area (TPSA) is 69.1 Å². The molecule has 0 fully saturated rings. The second-order valence-electron chi connectivity index (χ2n) is 0.874. The molecule has 0 aliphatic carbocycles. The molecule has 0 rings (SSSR count). The molecule has 38 valence electrons. The van der Waals surface area contributed by atoms with E-state index < -0.39 is 11.0 Å². The fourth-order valence-corrected chi connectivity index (χ4v) is 0.348. The van der Waals surface area contributed by atoms with Crippen LogP contribution >= 0.6 is 0 Å².